The third kappa shape index (κ3) is 4.79. The van der Waals surface area contributed by atoms with Crippen LogP contribution in [0.2, 0.25) is 0 Å². The van der Waals surface area contributed by atoms with E-state index in [4.69, 9.17) is 0 Å². The van der Waals surface area contributed by atoms with Crippen molar-refractivity contribution in [2.24, 2.45) is 29.1 Å². The fourth-order valence-electron chi connectivity index (χ4n) is 9.14. The molecule has 1 amide bonds. The van der Waals surface area contributed by atoms with Gasteiger partial charge in [-0.15, -0.1) is 0 Å². The summed E-state index contributed by atoms with van der Waals surface area (Å²) in [5.74, 6) is 4.41. The lowest BCUT2D eigenvalue weighted by atomic mass is 9.86. The number of rotatable bonds is 10. The average Bonchev–Trinajstić information content (AvgIpc) is 3.62. The second-order valence-electron chi connectivity index (χ2n) is 13.5. The molecule has 5 aliphatic carbocycles. The molecule has 4 saturated carbocycles. The number of hydrogen-bond acceptors (Lipinski definition) is 1. The molecule has 5 aliphatic rings. The van der Waals surface area contributed by atoms with E-state index >= 15 is 0 Å². The highest BCUT2D eigenvalue weighted by Crippen LogP contribution is 2.86. The number of hydrogen-bond donors (Lipinski definition) is 1. The van der Waals surface area contributed by atoms with Crippen LogP contribution in [0.1, 0.15) is 110 Å². The molecule has 5 atom stereocenters. The summed E-state index contributed by atoms with van der Waals surface area (Å²) in [6.45, 7) is 0. The first-order chi connectivity index (χ1) is 18.2. The highest BCUT2D eigenvalue weighted by atomic mass is 16.1. The number of benzene rings is 2. The maximum atomic E-state index is 12.9. The minimum absolute atomic E-state index is 0.0873. The molecule has 0 aliphatic heterocycles. The Morgan fingerprint density at radius 1 is 0.838 bits per heavy atom. The van der Waals surface area contributed by atoms with Crippen molar-refractivity contribution in [2.75, 3.05) is 0 Å². The second kappa shape index (κ2) is 9.90. The molecule has 37 heavy (non-hydrogen) atoms. The van der Waals surface area contributed by atoms with Gasteiger partial charge in [-0.25, -0.2) is 0 Å². The van der Waals surface area contributed by atoms with E-state index in [-0.39, 0.29) is 11.9 Å². The Kier molecular flexibility index (Phi) is 6.42. The van der Waals surface area contributed by atoms with Crippen LogP contribution in [0.15, 0.2) is 42.5 Å². The van der Waals surface area contributed by atoms with E-state index in [0.29, 0.717) is 0 Å². The first kappa shape index (κ1) is 24.0. The summed E-state index contributed by atoms with van der Waals surface area (Å²) >= 11 is 0. The van der Waals surface area contributed by atoms with Gasteiger partial charge in [0.15, 0.2) is 0 Å². The largest absolute Gasteiger partial charge is 0.349 e. The van der Waals surface area contributed by atoms with Crippen molar-refractivity contribution in [3.05, 3.63) is 70.3 Å². The first-order valence-corrected chi connectivity index (χ1v) is 15.7. The summed E-state index contributed by atoms with van der Waals surface area (Å²) in [7, 11) is 0. The van der Waals surface area contributed by atoms with Crippen molar-refractivity contribution in [2.45, 2.75) is 109 Å². The predicted molar refractivity (Wildman–Crippen MR) is 151 cm³/mol. The molecule has 1 N–H and O–H groups in total. The van der Waals surface area contributed by atoms with Gasteiger partial charge >= 0.3 is 0 Å². The second-order valence-corrected chi connectivity index (χ2v) is 13.5. The highest BCUT2D eigenvalue weighted by molar-refractivity contribution is 5.94. The lowest BCUT2D eigenvalue weighted by molar-refractivity contribution is 0.0933. The van der Waals surface area contributed by atoms with Crippen molar-refractivity contribution < 1.29 is 4.79 Å². The van der Waals surface area contributed by atoms with E-state index in [9.17, 15) is 4.79 Å². The van der Waals surface area contributed by atoms with Gasteiger partial charge in [0.1, 0.15) is 0 Å². The zero-order chi connectivity index (χ0) is 24.8. The Bertz CT molecular complexity index is 1130. The average molecular weight is 496 g/mol. The molecule has 2 nitrogen and oxygen atoms in total. The van der Waals surface area contributed by atoms with Crippen LogP contribution in [-0.2, 0) is 25.7 Å². The van der Waals surface area contributed by atoms with Gasteiger partial charge in [-0.3, -0.25) is 4.79 Å². The number of aryl methyl sites for hydroxylation is 3. The van der Waals surface area contributed by atoms with Crippen LogP contribution in [0.25, 0.3) is 0 Å². The number of unbranched alkanes of at least 4 members (excludes halogenated alkanes) is 1. The van der Waals surface area contributed by atoms with Gasteiger partial charge in [0.2, 0.25) is 0 Å². The van der Waals surface area contributed by atoms with E-state index in [1.54, 1.807) is 19.3 Å². The maximum absolute atomic E-state index is 12.9. The summed E-state index contributed by atoms with van der Waals surface area (Å²) in [5.41, 5.74) is 7.55. The maximum Gasteiger partial charge on any atom is 0.251 e. The SMILES string of the molecule is O=C(N[C@H]1CCc2cc(CCCCC3[C@@H]4CC[C@@H]5CC354)ccc2C1)c1ccc(CCC2CCCC2)cc1. The van der Waals surface area contributed by atoms with Gasteiger partial charge in [-0.05, 0) is 134 Å². The Hall–Kier alpha value is -2.09. The first-order valence-electron chi connectivity index (χ1n) is 15.7. The molecule has 2 heteroatoms. The molecule has 2 unspecified atom stereocenters. The minimum atomic E-state index is 0.0873. The highest BCUT2D eigenvalue weighted by Gasteiger charge is 2.79. The summed E-state index contributed by atoms with van der Waals surface area (Å²) < 4.78 is 0. The molecule has 0 aromatic heterocycles. The molecular formula is C35H45NO. The Morgan fingerprint density at radius 2 is 1.68 bits per heavy atom. The van der Waals surface area contributed by atoms with Crippen LogP contribution >= 0.6 is 0 Å². The number of amides is 1. The third-order valence-corrected chi connectivity index (χ3v) is 11.4. The molecule has 1 spiro atoms. The van der Waals surface area contributed by atoms with E-state index in [1.165, 1.54) is 80.0 Å². The van der Waals surface area contributed by atoms with E-state index < -0.39 is 0 Å². The van der Waals surface area contributed by atoms with Crippen LogP contribution in [0, 0.1) is 29.1 Å². The van der Waals surface area contributed by atoms with Gasteiger partial charge in [-0.2, -0.15) is 0 Å². The molecule has 2 aromatic rings. The molecule has 0 radical (unpaired) electrons. The van der Waals surface area contributed by atoms with Crippen LogP contribution in [0.3, 0.4) is 0 Å². The molecule has 7 rings (SSSR count). The summed E-state index contributed by atoms with van der Waals surface area (Å²) in [5, 5.41) is 3.33. The van der Waals surface area contributed by atoms with Gasteiger partial charge in [0.25, 0.3) is 5.91 Å². The fraction of sp³-hybridized carbons (Fsp3) is 0.629. The van der Waals surface area contributed by atoms with E-state index in [2.05, 4.69) is 35.6 Å². The van der Waals surface area contributed by atoms with Crippen molar-refractivity contribution in [3.63, 3.8) is 0 Å². The quantitative estimate of drug-likeness (QED) is 0.334. The lowest BCUT2D eigenvalue weighted by Gasteiger charge is -2.26. The summed E-state index contributed by atoms with van der Waals surface area (Å²) in [6, 6.07) is 15.8. The number of carbonyl (C=O) groups excluding carboxylic acids is 1. The Labute approximate surface area is 224 Å². The number of nitrogens with one attached hydrogen (secondary N) is 1. The van der Waals surface area contributed by atoms with Gasteiger partial charge in [0, 0.05) is 11.6 Å². The Morgan fingerprint density at radius 3 is 2.46 bits per heavy atom. The molecular weight excluding hydrogens is 450 g/mol. The minimum Gasteiger partial charge on any atom is -0.349 e. The van der Waals surface area contributed by atoms with Crippen LogP contribution in [-0.4, -0.2) is 11.9 Å². The van der Waals surface area contributed by atoms with Crippen LogP contribution in [0.4, 0.5) is 0 Å². The van der Waals surface area contributed by atoms with Gasteiger partial charge < -0.3 is 5.32 Å². The molecule has 2 aromatic carbocycles. The van der Waals surface area contributed by atoms with E-state index in [0.717, 1.165) is 60.3 Å². The van der Waals surface area contributed by atoms with Crippen LogP contribution < -0.4 is 5.32 Å². The molecule has 0 heterocycles. The number of carbonyl (C=O) groups is 1. The molecule has 0 bridgehead atoms. The van der Waals surface area contributed by atoms with Crippen molar-refractivity contribution >= 4 is 5.91 Å². The predicted octanol–water partition coefficient (Wildman–Crippen LogP) is 7.86. The summed E-state index contributed by atoms with van der Waals surface area (Å²) in [4.78, 5) is 12.9. The molecule has 0 saturated heterocycles. The lowest BCUT2D eigenvalue weighted by Crippen LogP contribution is -2.38. The van der Waals surface area contributed by atoms with Gasteiger partial charge in [-0.1, -0.05) is 62.4 Å². The normalized spacial score (nSPS) is 31.5. The number of fused-ring (bicyclic) bond motifs is 1. The van der Waals surface area contributed by atoms with Crippen molar-refractivity contribution in [1.29, 1.82) is 0 Å². The third-order valence-electron chi connectivity index (χ3n) is 11.4. The fourth-order valence-corrected chi connectivity index (χ4v) is 9.14. The topological polar surface area (TPSA) is 29.1 Å². The van der Waals surface area contributed by atoms with E-state index in [1.807, 2.05) is 12.1 Å². The smallest absolute Gasteiger partial charge is 0.251 e. The molecule has 196 valence electrons. The monoisotopic (exact) mass is 495 g/mol. The summed E-state index contributed by atoms with van der Waals surface area (Å²) in [6.07, 6.45) is 21.4. The van der Waals surface area contributed by atoms with Crippen LogP contribution in [0.5, 0.6) is 0 Å². The van der Waals surface area contributed by atoms with Crippen molar-refractivity contribution in [3.8, 4) is 0 Å². The van der Waals surface area contributed by atoms with Crippen molar-refractivity contribution in [1.82, 2.24) is 5.32 Å². The zero-order valence-corrected chi connectivity index (χ0v) is 22.7. The molecule has 4 fully saturated rings. The van der Waals surface area contributed by atoms with Gasteiger partial charge in [0.05, 0.1) is 0 Å². The Balaban J connectivity index is 0.855. The standard InChI is InChI=1S/C35H45NO/c37-34(27-14-11-25(12-15-27)10-9-24-5-1-2-6-24)36-31-19-17-28-21-26(13-16-29(28)22-31)7-3-4-8-32-33-20-18-30-23-35(30,32)33/h11-16,21,24,30-33H,1-10,17-20,22-23H2,(H,36,37)/t30-,31+,32?,33+,35?/m1/s1. The zero-order valence-electron chi connectivity index (χ0n) is 22.7.